The van der Waals surface area contributed by atoms with Crippen LogP contribution < -0.4 is 0 Å². The van der Waals surface area contributed by atoms with Gasteiger partial charge in [0.1, 0.15) is 0 Å². The van der Waals surface area contributed by atoms with Crippen molar-refractivity contribution in [2.24, 2.45) is 11.8 Å². The molecule has 1 aromatic heterocycles. The van der Waals surface area contributed by atoms with E-state index in [2.05, 4.69) is 6.07 Å². The first kappa shape index (κ1) is 17.6. The summed E-state index contributed by atoms with van der Waals surface area (Å²) in [5.74, 6) is 0.619. The van der Waals surface area contributed by atoms with E-state index in [-0.39, 0.29) is 11.7 Å². The van der Waals surface area contributed by atoms with Crippen LogP contribution in [0.15, 0.2) is 42.5 Å². The molecule has 0 amide bonds. The Morgan fingerprint density at radius 2 is 1.89 bits per heavy atom. The Balaban J connectivity index is 1.79. The zero-order valence-corrected chi connectivity index (χ0v) is 15.7. The first-order valence-corrected chi connectivity index (χ1v) is 9.38. The largest absolute Gasteiger partial charge is 0.295 e. The maximum absolute atomic E-state index is 11.7. The maximum Gasteiger partial charge on any atom is 0.159 e. The van der Waals surface area contributed by atoms with E-state index in [9.17, 15) is 4.79 Å². The molecule has 1 aliphatic rings. The van der Waals surface area contributed by atoms with Crippen LogP contribution in [0, 0.1) is 23.2 Å². The molecule has 4 rings (SSSR count). The van der Waals surface area contributed by atoms with Crippen molar-refractivity contribution >= 4 is 28.4 Å². The van der Waals surface area contributed by atoms with E-state index in [1.54, 1.807) is 19.1 Å². The van der Waals surface area contributed by atoms with Crippen LogP contribution in [-0.2, 0) is 6.42 Å². The van der Waals surface area contributed by atoms with Crippen LogP contribution in [0.3, 0.4) is 0 Å². The second-order valence-electron chi connectivity index (χ2n) is 7.15. The lowest BCUT2D eigenvalue weighted by Gasteiger charge is -2.30. The number of nitriles is 1. The van der Waals surface area contributed by atoms with Crippen LogP contribution in [0.25, 0.3) is 22.3 Å². The summed E-state index contributed by atoms with van der Waals surface area (Å²) in [4.78, 5) is 21.4. The van der Waals surface area contributed by atoms with Gasteiger partial charge >= 0.3 is 0 Å². The first-order valence-electron chi connectivity index (χ1n) is 9.00. The number of hydrogen-bond donors (Lipinski definition) is 0. The van der Waals surface area contributed by atoms with Gasteiger partial charge in [-0.3, -0.25) is 4.79 Å². The van der Waals surface area contributed by atoms with E-state index in [1.165, 1.54) is 0 Å². The van der Waals surface area contributed by atoms with Crippen molar-refractivity contribution in [2.45, 2.75) is 26.2 Å². The van der Waals surface area contributed by atoms with E-state index in [4.69, 9.17) is 26.8 Å². The van der Waals surface area contributed by atoms with Crippen molar-refractivity contribution in [1.82, 2.24) is 9.97 Å². The molecule has 0 unspecified atom stereocenters. The van der Waals surface area contributed by atoms with Crippen molar-refractivity contribution in [3.63, 3.8) is 0 Å². The molecule has 5 heteroatoms. The molecule has 0 bridgehead atoms. The predicted molar refractivity (Wildman–Crippen MR) is 106 cm³/mol. The summed E-state index contributed by atoms with van der Waals surface area (Å²) < 4.78 is 0. The molecule has 1 saturated carbocycles. The number of rotatable bonds is 4. The van der Waals surface area contributed by atoms with Crippen LogP contribution in [0.4, 0.5) is 0 Å². The second kappa shape index (κ2) is 7.09. The predicted octanol–water partition coefficient (Wildman–Crippen LogP) is 5.25. The van der Waals surface area contributed by atoms with Gasteiger partial charge in [0.25, 0.3) is 0 Å². The Morgan fingerprint density at radius 3 is 2.56 bits per heavy atom. The van der Waals surface area contributed by atoms with Gasteiger partial charge in [0.2, 0.25) is 0 Å². The second-order valence-corrected chi connectivity index (χ2v) is 7.59. The number of aromatic nitrogens is 2. The molecule has 4 nitrogen and oxygen atoms in total. The van der Waals surface area contributed by atoms with Gasteiger partial charge in [-0.25, -0.2) is 9.97 Å². The minimum atomic E-state index is 0.0119. The smallest absolute Gasteiger partial charge is 0.159 e. The highest BCUT2D eigenvalue weighted by Crippen LogP contribution is 2.37. The molecule has 3 aromatic rings. The van der Waals surface area contributed by atoms with Gasteiger partial charge in [0, 0.05) is 22.1 Å². The third kappa shape index (κ3) is 3.56. The summed E-state index contributed by atoms with van der Waals surface area (Å²) >= 11 is 6.03. The number of ketones is 1. The summed E-state index contributed by atoms with van der Waals surface area (Å²) in [6, 6.07) is 15.4. The lowest BCUT2D eigenvalue weighted by atomic mass is 9.73. The molecule has 0 radical (unpaired) electrons. The van der Waals surface area contributed by atoms with Gasteiger partial charge in [-0.2, -0.15) is 5.26 Å². The normalized spacial score (nSPS) is 18.7. The van der Waals surface area contributed by atoms with Crippen LogP contribution in [0.2, 0.25) is 5.02 Å². The zero-order valence-electron chi connectivity index (χ0n) is 14.9. The maximum atomic E-state index is 11.7. The average Bonchev–Trinajstić information content (AvgIpc) is 2.63. The number of benzene rings is 2. The summed E-state index contributed by atoms with van der Waals surface area (Å²) in [7, 11) is 0. The fraction of sp³-hybridized carbons (Fsp3) is 0.273. The fourth-order valence-corrected chi connectivity index (χ4v) is 3.70. The third-order valence-corrected chi connectivity index (χ3v) is 5.41. The SMILES string of the molecule is CC(=O)c1ccc2nc(-c3ccc(Cl)cc3)c(CC3CC(C#N)C3)nc2c1. The van der Waals surface area contributed by atoms with Crippen molar-refractivity contribution in [3.05, 3.63) is 58.7 Å². The summed E-state index contributed by atoms with van der Waals surface area (Å²) in [6.07, 6.45) is 2.59. The number of hydrogen-bond acceptors (Lipinski definition) is 4. The minimum absolute atomic E-state index is 0.0119. The number of fused-ring (bicyclic) bond motifs is 1. The molecule has 0 spiro atoms. The summed E-state index contributed by atoms with van der Waals surface area (Å²) in [6.45, 7) is 1.55. The molecule has 1 aliphatic carbocycles. The van der Waals surface area contributed by atoms with Crippen molar-refractivity contribution in [2.75, 3.05) is 0 Å². The molecule has 0 saturated heterocycles. The molecule has 134 valence electrons. The molecule has 2 aromatic carbocycles. The molecule has 1 fully saturated rings. The Kier molecular flexibility index (Phi) is 4.63. The quantitative estimate of drug-likeness (QED) is 0.584. The first-order chi connectivity index (χ1) is 13.0. The summed E-state index contributed by atoms with van der Waals surface area (Å²) in [5, 5.41) is 9.71. The Morgan fingerprint density at radius 1 is 1.15 bits per heavy atom. The van der Waals surface area contributed by atoms with Gasteiger partial charge in [0.15, 0.2) is 5.78 Å². The number of nitrogens with zero attached hydrogens (tertiary/aromatic N) is 3. The Bertz CT molecular complexity index is 1060. The van der Waals surface area contributed by atoms with Gasteiger partial charge in [-0.05, 0) is 62.4 Å². The topological polar surface area (TPSA) is 66.6 Å². The molecule has 27 heavy (non-hydrogen) atoms. The van der Waals surface area contributed by atoms with Crippen LogP contribution in [-0.4, -0.2) is 15.8 Å². The van der Waals surface area contributed by atoms with Gasteiger partial charge in [-0.15, -0.1) is 0 Å². The Hall–Kier alpha value is -2.77. The number of halogens is 1. The monoisotopic (exact) mass is 375 g/mol. The number of carbonyl (C=O) groups excluding carboxylic acids is 1. The van der Waals surface area contributed by atoms with Gasteiger partial charge < -0.3 is 0 Å². The Labute approximate surface area is 162 Å². The van der Waals surface area contributed by atoms with Crippen molar-refractivity contribution in [3.8, 4) is 17.3 Å². The van der Waals surface area contributed by atoms with E-state index in [1.807, 2.05) is 30.3 Å². The van der Waals surface area contributed by atoms with Crippen LogP contribution >= 0.6 is 11.6 Å². The summed E-state index contributed by atoms with van der Waals surface area (Å²) in [5.41, 5.74) is 4.84. The molecular weight excluding hydrogens is 358 g/mol. The highest BCUT2D eigenvalue weighted by atomic mass is 35.5. The average molecular weight is 376 g/mol. The molecule has 1 heterocycles. The van der Waals surface area contributed by atoms with Gasteiger partial charge in [-0.1, -0.05) is 23.7 Å². The van der Waals surface area contributed by atoms with E-state index >= 15 is 0 Å². The highest BCUT2D eigenvalue weighted by molar-refractivity contribution is 6.30. The van der Waals surface area contributed by atoms with Crippen LogP contribution in [0.1, 0.15) is 35.8 Å². The molecule has 0 atom stereocenters. The zero-order chi connectivity index (χ0) is 19.0. The molecular formula is C22H18ClN3O. The van der Waals surface area contributed by atoms with E-state index < -0.39 is 0 Å². The highest BCUT2D eigenvalue weighted by Gasteiger charge is 2.30. The van der Waals surface area contributed by atoms with E-state index in [0.717, 1.165) is 47.2 Å². The van der Waals surface area contributed by atoms with Crippen LogP contribution in [0.5, 0.6) is 0 Å². The van der Waals surface area contributed by atoms with Crippen molar-refractivity contribution < 1.29 is 4.79 Å². The van der Waals surface area contributed by atoms with Crippen molar-refractivity contribution in [1.29, 1.82) is 5.26 Å². The third-order valence-electron chi connectivity index (χ3n) is 5.16. The van der Waals surface area contributed by atoms with Gasteiger partial charge in [0.05, 0.1) is 28.5 Å². The molecule has 0 N–H and O–H groups in total. The molecule has 0 aliphatic heterocycles. The minimum Gasteiger partial charge on any atom is -0.295 e. The van der Waals surface area contributed by atoms with E-state index in [0.29, 0.717) is 16.5 Å². The lowest BCUT2D eigenvalue weighted by Crippen LogP contribution is -2.24. The standard InChI is InChI=1S/C22H18ClN3O/c1-13(27)17-4-7-19-20(11-17)25-21(10-14-8-15(9-14)12-24)22(26-19)16-2-5-18(23)6-3-16/h2-7,11,14-15H,8-10H2,1H3. The number of Topliss-reactive ketones (excluding diaryl/α,β-unsaturated/α-hetero) is 1. The fourth-order valence-electron chi connectivity index (χ4n) is 3.57. The number of carbonyl (C=O) groups is 1. The lowest BCUT2D eigenvalue weighted by molar-refractivity contribution is 0.101.